The smallest absolute Gasteiger partial charge is 0.157 e. The number of aromatic nitrogens is 1. The highest BCUT2D eigenvalue weighted by atomic mass is 31.0. The Bertz CT molecular complexity index is 528. The number of ketones is 1. The molecule has 114 valence electrons. The summed E-state index contributed by atoms with van der Waals surface area (Å²) in [6.07, 6.45) is 8.02. The normalized spacial score (nSPS) is 14.3. The van der Waals surface area contributed by atoms with E-state index < -0.39 is 0 Å². The van der Waals surface area contributed by atoms with Gasteiger partial charge in [-0.2, -0.15) is 0 Å². The minimum absolute atomic E-state index is 0.175. The molecule has 5 heteroatoms. The van der Waals surface area contributed by atoms with Crippen LogP contribution in [0.25, 0.3) is 0 Å². The number of fused-ring (bicyclic) bond motifs is 1. The predicted octanol–water partition coefficient (Wildman–Crippen LogP) is 2.59. The van der Waals surface area contributed by atoms with Gasteiger partial charge in [0, 0.05) is 39.0 Å². The molecule has 1 aromatic rings. The van der Waals surface area contributed by atoms with Gasteiger partial charge >= 0.3 is 0 Å². The van der Waals surface area contributed by atoms with Crippen LogP contribution in [0.3, 0.4) is 0 Å². The van der Waals surface area contributed by atoms with Crippen molar-refractivity contribution < 1.29 is 4.79 Å². The van der Waals surface area contributed by atoms with E-state index in [4.69, 9.17) is 4.98 Å². The zero-order valence-electron chi connectivity index (χ0n) is 12.9. The molecule has 0 saturated heterocycles. The van der Waals surface area contributed by atoms with Crippen molar-refractivity contribution in [1.29, 1.82) is 0 Å². The molecule has 1 unspecified atom stereocenters. The molecule has 1 atom stereocenters. The first-order chi connectivity index (χ1) is 10.1. The van der Waals surface area contributed by atoms with Crippen LogP contribution in [-0.2, 0) is 17.6 Å². The van der Waals surface area contributed by atoms with Gasteiger partial charge in [-0.15, -0.1) is 0 Å². The van der Waals surface area contributed by atoms with E-state index >= 15 is 0 Å². The lowest BCUT2D eigenvalue weighted by Gasteiger charge is -2.26. The topological polar surface area (TPSA) is 36.4 Å². The molecule has 2 rings (SSSR count). The third kappa shape index (κ3) is 4.82. The Kier molecular flexibility index (Phi) is 5.75. The third-order valence-electron chi connectivity index (χ3n) is 3.55. The van der Waals surface area contributed by atoms with E-state index in [2.05, 4.69) is 26.2 Å². The molecule has 4 nitrogen and oxygen atoms in total. The highest BCUT2D eigenvalue weighted by Crippen LogP contribution is 2.27. The van der Waals surface area contributed by atoms with Gasteiger partial charge in [0.25, 0.3) is 0 Å². The van der Waals surface area contributed by atoms with E-state index in [-0.39, 0.29) is 5.78 Å². The summed E-state index contributed by atoms with van der Waals surface area (Å²) in [4.78, 5) is 18.3. The van der Waals surface area contributed by atoms with Gasteiger partial charge in [0.1, 0.15) is 5.82 Å². The number of anilines is 1. The first-order valence-electron chi connectivity index (χ1n) is 7.45. The molecule has 0 aromatic carbocycles. The molecule has 0 fully saturated rings. The average Bonchev–Trinajstić information content (AvgIpc) is 2.46. The van der Waals surface area contributed by atoms with Crippen molar-refractivity contribution in [1.82, 2.24) is 9.88 Å². The summed E-state index contributed by atoms with van der Waals surface area (Å²) in [6.45, 7) is 1.04. The van der Waals surface area contributed by atoms with Gasteiger partial charge in [-0.25, -0.2) is 4.98 Å². The number of aryl methyl sites for hydroxylation is 2. The third-order valence-corrected chi connectivity index (χ3v) is 4.05. The van der Waals surface area contributed by atoms with E-state index in [0.717, 1.165) is 37.3 Å². The van der Waals surface area contributed by atoms with E-state index in [0.29, 0.717) is 6.42 Å². The highest BCUT2D eigenvalue weighted by Gasteiger charge is 2.15. The van der Waals surface area contributed by atoms with E-state index in [1.54, 1.807) is 12.3 Å². The van der Waals surface area contributed by atoms with Crippen LogP contribution in [0.2, 0.25) is 0 Å². The van der Waals surface area contributed by atoms with Crippen molar-refractivity contribution in [3.63, 3.8) is 0 Å². The molecule has 21 heavy (non-hydrogen) atoms. The fourth-order valence-corrected chi connectivity index (χ4v) is 2.81. The molecular weight excluding hydrogens is 281 g/mol. The lowest BCUT2D eigenvalue weighted by molar-refractivity contribution is -0.114. The van der Waals surface area contributed by atoms with Crippen molar-refractivity contribution in [2.75, 3.05) is 25.3 Å². The molecule has 0 radical (unpaired) electrons. The maximum atomic E-state index is 11.7. The Hall–Kier alpha value is -1.41. The van der Waals surface area contributed by atoms with Crippen molar-refractivity contribution in [2.45, 2.75) is 32.1 Å². The number of carbonyl (C=O) groups is 1. The van der Waals surface area contributed by atoms with Crippen LogP contribution in [0, 0.1) is 0 Å². The molecule has 0 saturated carbocycles. The maximum Gasteiger partial charge on any atom is 0.157 e. The second-order valence-corrected chi connectivity index (χ2v) is 6.30. The Morgan fingerprint density at radius 3 is 3.05 bits per heavy atom. The monoisotopic (exact) mass is 305 g/mol. The van der Waals surface area contributed by atoms with Crippen LogP contribution in [0.5, 0.6) is 0 Å². The molecule has 0 N–H and O–H groups in total. The first kappa shape index (κ1) is 16.0. The summed E-state index contributed by atoms with van der Waals surface area (Å²) in [5.41, 5.74) is 2.40. The number of nitrogens with zero attached hydrogens (tertiary/aromatic N) is 3. The quantitative estimate of drug-likeness (QED) is 0.598. The van der Waals surface area contributed by atoms with Gasteiger partial charge in [0.2, 0.25) is 0 Å². The zero-order chi connectivity index (χ0) is 15.2. The van der Waals surface area contributed by atoms with Gasteiger partial charge in [0.15, 0.2) is 5.78 Å². The fourth-order valence-electron chi connectivity index (χ4n) is 2.40. The van der Waals surface area contributed by atoms with Crippen molar-refractivity contribution in [3.8, 4) is 0 Å². The second-order valence-electron chi connectivity index (χ2n) is 5.68. The number of allylic oxidation sites excluding steroid dienone is 1. The van der Waals surface area contributed by atoms with Gasteiger partial charge in [0.05, 0.1) is 0 Å². The molecule has 0 amide bonds. The van der Waals surface area contributed by atoms with E-state index in [1.165, 1.54) is 12.0 Å². The maximum absolute atomic E-state index is 11.7. The largest absolute Gasteiger partial charge is 0.383 e. The summed E-state index contributed by atoms with van der Waals surface area (Å²) >= 11 is 0. The fraction of sp³-hybridized carbons (Fsp3) is 0.500. The number of hydrogen-bond donors (Lipinski definition) is 0. The highest BCUT2D eigenvalue weighted by molar-refractivity contribution is 7.19. The molecule has 0 aliphatic carbocycles. The van der Waals surface area contributed by atoms with Crippen LogP contribution in [0.4, 0.5) is 5.82 Å². The Morgan fingerprint density at radius 2 is 2.29 bits per heavy atom. The summed E-state index contributed by atoms with van der Waals surface area (Å²) < 4.78 is 2.15. The van der Waals surface area contributed by atoms with E-state index in [9.17, 15) is 4.79 Å². The first-order valence-corrected chi connectivity index (χ1v) is 7.96. The van der Waals surface area contributed by atoms with Crippen LogP contribution >= 0.6 is 9.39 Å². The van der Waals surface area contributed by atoms with Crippen molar-refractivity contribution >= 4 is 21.0 Å². The Labute approximate surface area is 129 Å². The molecule has 0 spiro atoms. The minimum atomic E-state index is 0.175. The van der Waals surface area contributed by atoms with Gasteiger partial charge in [-0.05, 0) is 52.8 Å². The number of hydrogen-bond acceptors (Lipinski definition) is 4. The Balaban J connectivity index is 1.87. The minimum Gasteiger partial charge on any atom is -0.383 e. The van der Waals surface area contributed by atoms with Crippen molar-refractivity contribution in [3.05, 3.63) is 35.7 Å². The van der Waals surface area contributed by atoms with Crippen LogP contribution in [-0.4, -0.2) is 36.3 Å². The van der Waals surface area contributed by atoms with E-state index in [1.807, 2.05) is 19.0 Å². The summed E-state index contributed by atoms with van der Waals surface area (Å²) in [5.74, 6) is 1.26. The lowest BCUT2D eigenvalue weighted by Crippen LogP contribution is -2.20. The molecule has 1 aromatic heterocycles. The molecule has 0 bridgehead atoms. The number of pyridine rings is 1. The average molecular weight is 305 g/mol. The SMILES string of the molecule is CN(C)C=CC(=O)CCCc1ccc2c(n1)N(P)CCC2. The molecule has 1 aliphatic heterocycles. The van der Waals surface area contributed by atoms with Gasteiger partial charge < -0.3 is 9.57 Å². The molecule has 2 heterocycles. The van der Waals surface area contributed by atoms with Crippen LogP contribution in [0.1, 0.15) is 30.5 Å². The summed E-state index contributed by atoms with van der Waals surface area (Å²) in [5, 5.41) is 0. The van der Waals surface area contributed by atoms with Crippen LogP contribution < -0.4 is 4.67 Å². The summed E-state index contributed by atoms with van der Waals surface area (Å²) in [7, 11) is 6.57. The van der Waals surface area contributed by atoms with Crippen LogP contribution in [0.15, 0.2) is 24.4 Å². The standard InChI is InChI=1S/C16H24N3OP/c1-18(2)12-10-15(20)7-3-6-14-9-8-13-5-4-11-19(21)16(13)17-14/h8-10,12H,3-7,11,21H2,1-2H3. The lowest BCUT2D eigenvalue weighted by atomic mass is 10.1. The number of carbonyl (C=O) groups excluding carboxylic acids is 1. The Morgan fingerprint density at radius 1 is 1.48 bits per heavy atom. The zero-order valence-corrected chi connectivity index (χ0v) is 14.0. The predicted molar refractivity (Wildman–Crippen MR) is 90.4 cm³/mol. The molecule has 1 aliphatic rings. The second kappa shape index (κ2) is 7.56. The molecular formula is C16H24N3OP. The summed E-state index contributed by atoms with van der Waals surface area (Å²) in [6, 6.07) is 4.28. The van der Waals surface area contributed by atoms with Crippen molar-refractivity contribution in [2.24, 2.45) is 0 Å². The van der Waals surface area contributed by atoms with Gasteiger partial charge in [-0.1, -0.05) is 6.07 Å². The van der Waals surface area contributed by atoms with Gasteiger partial charge in [-0.3, -0.25) is 4.79 Å². The number of rotatable bonds is 6.